The van der Waals surface area contributed by atoms with E-state index in [1.807, 2.05) is 38.2 Å². The van der Waals surface area contributed by atoms with Gasteiger partial charge in [0, 0.05) is 19.3 Å². The molecule has 0 radical (unpaired) electrons. The van der Waals surface area contributed by atoms with Crippen molar-refractivity contribution in [1.82, 2.24) is 5.32 Å². The standard InChI is InChI=1S/C11H16N2O2/c1-3-13-11(14)15-8-9-4-6-10(12-2)7-5-9/h4-7,12H,3,8H2,1-2H3,(H,13,14). The van der Waals surface area contributed by atoms with Gasteiger partial charge < -0.3 is 15.4 Å². The van der Waals surface area contributed by atoms with Crippen molar-refractivity contribution < 1.29 is 9.53 Å². The van der Waals surface area contributed by atoms with Crippen LogP contribution in [0, 0.1) is 0 Å². The predicted octanol–water partition coefficient (Wildman–Crippen LogP) is 1.97. The second kappa shape index (κ2) is 5.90. The Balaban J connectivity index is 2.40. The van der Waals surface area contributed by atoms with Crippen molar-refractivity contribution in [3.05, 3.63) is 29.8 Å². The first-order valence-corrected chi connectivity index (χ1v) is 4.93. The summed E-state index contributed by atoms with van der Waals surface area (Å²) in [5.41, 5.74) is 2.01. The largest absolute Gasteiger partial charge is 0.445 e. The van der Waals surface area contributed by atoms with Crippen LogP contribution >= 0.6 is 0 Å². The Kier molecular flexibility index (Phi) is 4.47. The summed E-state index contributed by atoms with van der Waals surface area (Å²) >= 11 is 0. The van der Waals surface area contributed by atoms with Crippen molar-refractivity contribution in [2.24, 2.45) is 0 Å². The molecule has 0 saturated carbocycles. The molecule has 0 atom stereocenters. The Bertz CT molecular complexity index is 309. The molecule has 2 N–H and O–H groups in total. The Morgan fingerprint density at radius 2 is 2.00 bits per heavy atom. The zero-order chi connectivity index (χ0) is 11.1. The van der Waals surface area contributed by atoms with Crippen molar-refractivity contribution in [2.75, 3.05) is 18.9 Å². The average Bonchev–Trinajstić information content (AvgIpc) is 2.27. The molecule has 1 aromatic carbocycles. The van der Waals surface area contributed by atoms with Crippen LogP contribution in [0.5, 0.6) is 0 Å². The Labute approximate surface area is 89.6 Å². The molecule has 0 aliphatic heterocycles. The number of hydrogen-bond donors (Lipinski definition) is 2. The fraction of sp³-hybridized carbons (Fsp3) is 0.364. The minimum Gasteiger partial charge on any atom is -0.445 e. The highest BCUT2D eigenvalue weighted by atomic mass is 16.5. The second-order valence-electron chi connectivity index (χ2n) is 3.05. The monoisotopic (exact) mass is 208 g/mol. The molecule has 0 spiro atoms. The normalized spacial score (nSPS) is 9.47. The molecular formula is C11H16N2O2. The van der Waals surface area contributed by atoms with Gasteiger partial charge in [0.1, 0.15) is 6.61 Å². The van der Waals surface area contributed by atoms with Crippen LogP contribution in [0.1, 0.15) is 12.5 Å². The minimum atomic E-state index is -0.379. The molecule has 0 aliphatic rings. The van der Waals surface area contributed by atoms with Gasteiger partial charge in [-0.15, -0.1) is 0 Å². The zero-order valence-corrected chi connectivity index (χ0v) is 9.04. The van der Waals surface area contributed by atoms with Crippen molar-refractivity contribution >= 4 is 11.8 Å². The minimum absolute atomic E-state index is 0.301. The van der Waals surface area contributed by atoms with Gasteiger partial charge in [-0.1, -0.05) is 12.1 Å². The molecule has 4 heteroatoms. The molecule has 0 bridgehead atoms. The van der Waals surface area contributed by atoms with Gasteiger partial charge in [-0.05, 0) is 24.6 Å². The van der Waals surface area contributed by atoms with E-state index >= 15 is 0 Å². The fourth-order valence-corrected chi connectivity index (χ4v) is 1.11. The number of amides is 1. The summed E-state index contributed by atoms with van der Waals surface area (Å²) < 4.78 is 4.97. The van der Waals surface area contributed by atoms with Gasteiger partial charge in [-0.3, -0.25) is 0 Å². The number of anilines is 1. The average molecular weight is 208 g/mol. The quantitative estimate of drug-likeness (QED) is 0.795. The number of ether oxygens (including phenoxy) is 1. The lowest BCUT2D eigenvalue weighted by Crippen LogP contribution is -2.23. The molecule has 1 aromatic rings. The van der Waals surface area contributed by atoms with E-state index < -0.39 is 0 Å². The van der Waals surface area contributed by atoms with Crippen molar-refractivity contribution in [3.8, 4) is 0 Å². The number of rotatable bonds is 4. The lowest BCUT2D eigenvalue weighted by atomic mass is 10.2. The van der Waals surface area contributed by atoms with Gasteiger partial charge in [-0.25, -0.2) is 4.79 Å². The lowest BCUT2D eigenvalue weighted by molar-refractivity contribution is 0.140. The number of benzene rings is 1. The van der Waals surface area contributed by atoms with Gasteiger partial charge in [0.05, 0.1) is 0 Å². The SMILES string of the molecule is CCNC(=O)OCc1ccc(NC)cc1. The molecule has 0 unspecified atom stereocenters. The van der Waals surface area contributed by atoms with Crippen molar-refractivity contribution in [3.63, 3.8) is 0 Å². The second-order valence-corrected chi connectivity index (χ2v) is 3.05. The third-order valence-electron chi connectivity index (χ3n) is 1.93. The number of alkyl carbamates (subject to hydrolysis) is 1. The Morgan fingerprint density at radius 3 is 2.53 bits per heavy atom. The molecule has 4 nitrogen and oxygen atoms in total. The smallest absolute Gasteiger partial charge is 0.407 e. The van der Waals surface area contributed by atoms with Crippen LogP contribution in [0.4, 0.5) is 10.5 Å². The van der Waals surface area contributed by atoms with E-state index in [0.29, 0.717) is 13.2 Å². The molecule has 0 heterocycles. The first kappa shape index (κ1) is 11.4. The van der Waals surface area contributed by atoms with Crippen molar-refractivity contribution in [1.29, 1.82) is 0 Å². The first-order chi connectivity index (χ1) is 7.26. The molecule has 1 rings (SSSR count). The summed E-state index contributed by atoms with van der Waals surface area (Å²) in [7, 11) is 1.86. The van der Waals surface area contributed by atoms with Crippen LogP contribution in [0.3, 0.4) is 0 Å². The highest BCUT2D eigenvalue weighted by molar-refractivity contribution is 5.67. The van der Waals surface area contributed by atoms with E-state index in [0.717, 1.165) is 11.3 Å². The maximum Gasteiger partial charge on any atom is 0.407 e. The first-order valence-electron chi connectivity index (χ1n) is 4.93. The third-order valence-corrected chi connectivity index (χ3v) is 1.93. The molecule has 82 valence electrons. The zero-order valence-electron chi connectivity index (χ0n) is 9.04. The number of nitrogens with one attached hydrogen (secondary N) is 2. The van der Waals surface area contributed by atoms with E-state index in [9.17, 15) is 4.79 Å². The lowest BCUT2D eigenvalue weighted by Gasteiger charge is -2.06. The highest BCUT2D eigenvalue weighted by Crippen LogP contribution is 2.09. The van der Waals surface area contributed by atoms with Crippen LogP contribution in [-0.2, 0) is 11.3 Å². The van der Waals surface area contributed by atoms with Gasteiger partial charge in [0.2, 0.25) is 0 Å². The van der Waals surface area contributed by atoms with Crippen LogP contribution in [0.25, 0.3) is 0 Å². The van der Waals surface area contributed by atoms with E-state index in [2.05, 4.69) is 10.6 Å². The third kappa shape index (κ3) is 3.89. The summed E-state index contributed by atoms with van der Waals surface area (Å²) in [5, 5.41) is 5.58. The van der Waals surface area contributed by atoms with Crippen molar-refractivity contribution in [2.45, 2.75) is 13.5 Å². The van der Waals surface area contributed by atoms with Gasteiger partial charge in [0.25, 0.3) is 0 Å². The number of carbonyl (C=O) groups is 1. The Morgan fingerprint density at radius 1 is 1.33 bits per heavy atom. The molecule has 0 saturated heterocycles. The highest BCUT2D eigenvalue weighted by Gasteiger charge is 2.00. The predicted molar refractivity (Wildman–Crippen MR) is 59.9 cm³/mol. The topological polar surface area (TPSA) is 50.4 Å². The summed E-state index contributed by atoms with van der Waals surface area (Å²) in [5.74, 6) is 0. The summed E-state index contributed by atoms with van der Waals surface area (Å²) in [6.07, 6.45) is -0.379. The molecule has 15 heavy (non-hydrogen) atoms. The van der Waals surface area contributed by atoms with Gasteiger partial charge in [0.15, 0.2) is 0 Å². The van der Waals surface area contributed by atoms with Gasteiger partial charge >= 0.3 is 6.09 Å². The Hall–Kier alpha value is -1.71. The van der Waals surface area contributed by atoms with Crippen LogP contribution in [-0.4, -0.2) is 19.7 Å². The summed E-state index contributed by atoms with van der Waals surface area (Å²) in [6.45, 7) is 2.73. The molecule has 0 aliphatic carbocycles. The van der Waals surface area contributed by atoms with Crippen LogP contribution < -0.4 is 10.6 Å². The number of hydrogen-bond acceptors (Lipinski definition) is 3. The maximum absolute atomic E-state index is 11.0. The fourth-order valence-electron chi connectivity index (χ4n) is 1.11. The van der Waals surface area contributed by atoms with E-state index in [1.54, 1.807) is 0 Å². The molecular weight excluding hydrogens is 192 g/mol. The van der Waals surface area contributed by atoms with Crippen LogP contribution in [0.2, 0.25) is 0 Å². The molecule has 1 amide bonds. The maximum atomic E-state index is 11.0. The number of carbonyl (C=O) groups excluding carboxylic acids is 1. The van der Waals surface area contributed by atoms with E-state index in [-0.39, 0.29) is 6.09 Å². The molecule has 0 aromatic heterocycles. The van der Waals surface area contributed by atoms with E-state index in [4.69, 9.17) is 4.74 Å². The van der Waals surface area contributed by atoms with Crippen LogP contribution in [0.15, 0.2) is 24.3 Å². The summed E-state index contributed by atoms with van der Waals surface area (Å²) in [4.78, 5) is 11.0. The summed E-state index contributed by atoms with van der Waals surface area (Å²) in [6, 6.07) is 7.73. The molecule has 0 fully saturated rings. The van der Waals surface area contributed by atoms with Gasteiger partial charge in [-0.2, -0.15) is 0 Å². The van der Waals surface area contributed by atoms with E-state index in [1.165, 1.54) is 0 Å².